The van der Waals surface area contributed by atoms with Crippen molar-refractivity contribution in [2.75, 3.05) is 12.4 Å². The number of halogens is 1. The van der Waals surface area contributed by atoms with Crippen LogP contribution < -0.4 is 5.32 Å². The molecule has 17 heavy (non-hydrogen) atoms. The summed E-state index contributed by atoms with van der Waals surface area (Å²) in [5.41, 5.74) is 3.64. The third-order valence-electron chi connectivity index (χ3n) is 2.77. The maximum atomic E-state index is 6.03. The molecule has 2 aromatic rings. The predicted octanol–water partition coefficient (Wildman–Crippen LogP) is 4.05. The standard InChI is InChI=1S/C13H15ClN2S/c1-8-4-5-11(14)6-10(8)7-12-9(2)16-13(15-3)17-12/h4-6H,7H2,1-3H3,(H,15,16). The van der Waals surface area contributed by atoms with E-state index in [4.69, 9.17) is 11.6 Å². The molecule has 1 aromatic carbocycles. The number of nitrogens with one attached hydrogen (secondary N) is 1. The van der Waals surface area contributed by atoms with E-state index in [0.717, 1.165) is 22.3 Å². The van der Waals surface area contributed by atoms with E-state index in [1.807, 2.05) is 26.1 Å². The maximum Gasteiger partial charge on any atom is 0.182 e. The Hall–Kier alpha value is -1.06. The number of rotatable bonds is 3. The van der Waals surface area contributed by atoms with Gasteiger partial charge in [0, 0.05) is 23.4 Å². The minimum Gasteiger partial charge on any atom is -0.365 e. The van der Waals surface area contributed by atoms with Gasteiger partial charge < -0.3 is 5.32 Å². The fraction of sp³-hybridized carbons (Fsp3) is 0.308. The van der Waals surface area contributed by atoms with E-state index in [0.29, 0.717) is 0 Å². The summed E-state index contributed by atoms with van der Waals surface area (Å²) < 4.78 is 0. The Balaban J connectivity index is 2.30. The highest BCUT2D eigenvalue weighted by molar-refractivity contribution is 7.15. The van der Waals surface area contributed by atoms with Crippen LogP contribution >= 0.6 is 22.9 Å². The lowest BCUT2D eigenvalue weighted by atomic mass is 10.0. The zero-order chi connectivity index (χ0) is 12.4. The summed E-state index contributed by atoms with van der Waals surface area (Å²) in [6.07, 6.45) is 0.900. The fourth-order valence-corrected chi connectivity index (χ4v) is 2.84. The lowest BCUT2D eigenvalue weighted by Gasteiger charge is -2.05. The van der Waals surface area contributed by atoms with Gasteiger partial charge in [0.1, 0.15) is 0 Å². The lowest BCUT2D eigenvalue weighted by molar-refractivity contribution is 1.13. The van der Waals surface area contributed by atoms with E-state index in [2.05, 4.69) is 23.3 Å². The van der Waals surface area contributed by atoms with Gasteiger partial charge in [-0.3, -0.25) is 0 Å². The van der Waals surface area contributed by atoms with Crippen molar-refractivity contribution in [2.24, 2.45) is 0 Å². The largest absolute Gasteiger partial charge is 0.365 e. The molecule has 2 rings (SSSR count). The molecular weight excluding hydrogens is 252 g/mol. The molecule has 0 radical (unpaired) electrons. The number of aromatic nitrogens is 1. The van der Waals surface area contributed by atoms with Crippen molar-refractivity contribution in [1.82, 2.24) is 4.98 Å². The molecule has 0 spiro atoms. The van der Waals surface area contributed by atoms with Crippen molar-refractivity contribution in [3.63, 3.8) is 0 Å². The van der Waals surface area contributed by atoms with Crippen molar-refractivity contribution >= 4 is 28.1 Å². The summed E-state index contributed by atoms with van der Waals surface area (Å²) >= 11 is 7.73. The first kappa shape index (κ1) is 12.4. The Morgan fingerprint density at radius 1 is 1.35 bits per heavy atom. The Bertz CT molecular complexity index is 534. The van der Waals surface area contributed by atoms with E-state index in [-0.39, 0.29) is 0 Å². The number of hydrogen-bond acceptors (Lipinski definition) is 3. The van der Waals surface area contributed by atoms with E-state index in [1.165, 1.54) is 16.0 Å². The summed E-state index contributed by atoms with van der Waals surface area (Å²) in [6.45, 7) is 4.16. The highest BCUT2D eigenvalue weighted by atomic mass is 35.5. The smallest absolute Gasteiger partial charge is 0.182 e. The van der Waals surface area contributed by atoms with E-state index in [1.54, 1.807) is 11.3 Å². The molecular formula is C13H15ClN2S. The van der Waals surface area contributed by atoms with Crippen LogP contribution in [0.4, 0.5) is 5.13 Å². The van der Waals surface area contributed by atoms with E-state index >= 15 is 0 Å². The van der Waals surface area contributed by atoms with Crippen LogP contribution in [0.1, 0.15) is 21.7 Å². The molecule has 1 heterocycles. The molecule has 0 aliphatic carbocycles. The molecule has 0 unspecified atom stereocenters. The molecule has 0 saturated carbocycles. The summed E-state index contributed by atoms with van der Waals surface area (Å²) in [5, 5.41) is 4.84. The number of aryl methyl sites for hydroxylation is 2. The highest BCUT2D eigenvalue weighted by Crippen LogP contribution is 2.26. The molecule has 0 saturated heterocycles. The second-order valence-electron chi connectivity index (χ2n) is 4.03. The quantitative estimate of drug-likeness (QED) is 0.907. The van der Waals surface area contributed by atoms with Crippen LogP contribution in [0, 0.1) is 13.8 Å². The SMILES string of the molecule is CNc1nc(C)c(Cc2cc(Cl)ccc2C)s1. The van der Waals surface area contributed by atoms with Crippen molar-refractivity contribution in [1.29, 1.82) is 0 Å². The summed E-state index contributed by atoms with van der Waals surface area (Å²) in [7, 11) is 1.90. The van der Waals surface area contributed by atoms with Crippen LogP contribution in [0.15, 0.2) is 18.2 Å². The highest BCUT2D eigenvalue weighted by Gasteiger charge is 2.09. The monoisotopic (exact) mass is 266 g/mol. The number of anilines is 1. The zero-order valence-corrected chi connectivity index (χ0v) is 11.7. The Kier molecular flexibility index (Phi) is 3.69. The molecule has 1 aromatic heterocycles. The molecule has 4 heteroatoms. The first-order valence-corrected chi connectivity index (χ1v) is 6.68. The van der Waals surface area contributed by atoms with Crippen LogP contribution in [-0.2, 0) is 6.42 Å². The van der Waals surface area contributed by atoms with Gasteiger partial charge in [-0.1, -0.05) is 17.7 Å². The summed E-state index contributed by atoms with van der Waals surface area (Å²) in [5.74, 6) is 0. The predicted molar refractivity (Wildman–Crippen MR) is 75.4 cm³/mol. The second kappa shape index (κ2) is 5.07. The topological polar surface area (TPSA) is 24.9 Å². The lowest BCUT2D eigenvalue weighted by Crippen LogP contribution is -1.91. The summed E-state index contributed by atoms with van der Waals surface area (Å²) in [4.78, 5) is 5.74. The average Bonchev–Trinajstić information content (AvgIpc) is 2.65. The van der Waals surface area contributed by atoms with Crippen LogP contribution in [0.25, 0.3) is 0 Å². The molecule has 90 valence electrons. The van der Waals surface area contributed by atoms with Crippen molar-refractivity contribution in [2.45, 2.75) is 20.3 Å². The third-order valence-corrected chi connectivity index (χ3v) is 4.18. The third kappa shape index (κ3) is 2.79. The van der Waals surface area contributed by atoms with Crippen LogP contribution in [0.2, 0.25) is 5.02 Å². The van der Waals surface area contributed by atoms with Crippen molar-refractivity contribution in [3.8, 4) is 0 Å². The maximum absolute atomic E-state index is 6.03. The Labute approximate surface area is 111 Å². The minimum atomic E-state index is 0.793. The number of hydrogen-bond donors (Lipinski definition) is 1. The van der Waals surface area contributed by atoms with Crippen molar-refractivity contribution in [3.05, 3.63) is 44.9 Å². The molecule has 1 N–H and O–H groups in total. The van der Waals surface area contributed by atoms with Gasteiger partial charge in [-0.05, 0) is 37.1 Å². The average molecular weight is 267 g/mol. The van der Waals surface area contributed by atoms with Crippen LogP contribution in [0.3, 0.4) is 0 Å². The first-order valence-electron chi connectivity index (χ1n) is 5.49. The number of thiazole rings is 1. The second-order valence-corrected chi connectivity index (χ2v) is 5.55. The molecule has 0 fully saturated rings. The van der Waals surface area contributed by atoms with Gasteiger partial charge in [0.15, 0.2) is 5.13 Å². The van der Waals surface area contributed by atoms with Gasteiger partial charge in [0.2, 0.25) is 0 Å². The van der Waals surface area contributed by atoms with Crippen LogP contribution in [-0.4, -0.2) is 12.0 Å². The van der Waals surface area contributed by atoms with Gasteiger partial charge in [0.25, 0.3) is 0 Å². The molecule has 0 atom stereocenters. The zero-order valence-electron chi connectivity index (χ0n) is 10.2. The summed E-state index contributed by atoms with van der Waals surface area (Å²) in [6, 6.07) is 6.03. The van der Waals surface area contributed by atoms with Gasteiger partial charge in [-0.2, -0.15) is 0 Å². The molecule has 0 bridgehead atoms. The first-order chi connectivity index (χ1) is 8.10. The molecule has 2 nitrogen and oxygen atoms in total. The molecule has 0 amide bonds. The molecule has 0 aliphatic rings. The van der Waals surface area contributed by atoms with Crippen LogP contribution in [0.5, 0.6) is 0 Å². The van der Waals surface area contributed by atoms with Gasteiger partial charge in [-0.15, -0.1) is 11.3 Å². The van der Waals surface area contributed by atoms with E-state index < -0.39 is 0 Å². The van der Waals surface area contributed by atoms with Gasteiger partial charge in [0.05, 0.1) is 5.69 Å². The fourth-order valence-electron chi connectivity index (χ4n) is 1.70. The van der Waals surface area contributed by atoms with Crippen molar-refractivity contribution < 1.29 is 0 Å². The number of nitrogens with zero attached hydrogens (tertiary/aromatic N) is 1. The van der Waals surface area contributed by atoms with E-state index in [9.17, 15) is 0 Å². The van der Waals surface area contributed by atoms with Gasteiger partial charge in [-0.25, -0.2) is 4.98 Å². The Morgan fingerprint density at radius 3 is 2.76 bits per heavy atom. The number of benzene rings is 1. The Morgan fingerprint density at radius 2 is 2.12 bits per heavy atom. The minimum absolute atomic E-state index is 0.793. The van der Waals surface area contributed by atoms with Gasteiger partial charge >= 0.3 is 0 Å². The molecule has 0 aliphatic heterocycles. The normalized spacial score (nSPS) is 10.6.